The van der Waals surface area contributed by atoms with E-state index in [1.54, 1.807) is 14.2 Å². The van der Waals surface area contributed by atoms with Gasteiger partial charge in [-0.25, -0.2) is 0 Å². The Labute approximate surface area is 161 Å². The van der Waals surface area contributed by atoms with Gasteiger partial charge in [-0.15, -0.1) is 0 Å². The molecule has 0 aromatic heterocycles. The van der Waals surface area contributed by atoms with E-state index in [-0.39, 0.29) is 18.0 Å². The number of hydrogen-bond acceptors (Lipinski definition) is 5. The molecule has 144 valence electrons. The molecule has 0 amide bonds. The Morgan fingerprint density at radius 1 is 0.926 bits per heavy atom. The lowest BCUT2D eigenvalue weighted by Crippen LogP contribution is -2.44. The van der Waals surface area contributed by atoms with Gasteiger partial charge in [-0.3, -0.25) is 0 Å². The Hall–Kier alpha value is -2.53. The van der Waals surface area contributed by atoms with Crippen LogP contribution >= 0.6 is 0 Å². The second-order valence-electron chi connectivity index (χ2n) is 7.31. The molecule has 5 nitrogen and oxygen atoms in total. The molecule has 27 heavy (non-hydrogen) atoms. The van der Waals surface area contributed by atoms with Crippen molar-refractivity contribution in [2.24, 2.45) is 17.0 Å². The Morgan fingerprint density at radius 2 is 1.44 bits per heavy atom. The van der Waals surface area contributed by atoms with Crippen LogP contribution in [-0.2, 0) is 0 Å². The lowest BCUT2D eigenvalue weighted by molar-refractivity contribution is 0.263. The zero-order valence-electron chi connectivity index (χ0n) is 16.3. The maximum absolute atomic E-state index is 9.72. The molecule has 0 bridgehead atoms. The van der Waals surface area contributed by atoms with Gasteiger partial charge in [-0.2, -0.15) is 0 Å². The molecule has 1 heterocycles. The number of nitrogens with zero attached hydrogens (tertiary/aromatic N) is 1. The lowest BCUT2D eigenvalue weighted by atomic mass is 9.75. The number of rotatable bonds is 5. The fraction of sp³-hybridized carbons (Fsp3) is 0.409. The van der Waals surface area contributed by atoms with Gasteiger partial charge in [0, 0.05) is 24.4 Å². The minimum absolute atomic E-state index is 0.0580. The Bertz CT molecular complexity index is 769. The predicted molar refractivity (Wildman–Crippen MR) is 107 cm³/mol. The summed E-state index contributed by atoms with van der Waals surface area (Å²) < 4.78 is 10.6. The quantitative estimate of drug-likeness (QED) is 0.599. The third-order valence-corrected chi connectivity index (χ3v) is 5.38. The van der Waals surface area contributed by atoms with Crippen molar-refractivity contribution in [1.29, 1.82) is 0 Å². The van der Waals surface area contributed by atoms with E-state index in [2.05, 4.69) is 48.6 Å². The molecule has 0 spiro atoms. The number of piperidine rings is 1. The fourth-order valence-electron chi connectivity index (χ4n) is 3.96. The monoisotopic (exact) mass is 368 g/mol. The second kappa shape index (κ2) is 8.44. The van der Waals surface area contributed by atoms with Crippen molar-refractivity contribution in [3.8, 4) is 11.5 Å². The van der Waals surface area contributed by atoms with Gasteiger partial charge in [0.1, 0.15) is 11.5 Å². The van der Waals surface area contributed by atoms with Gasteiger partial charge in [0.25, 0.3) is 0 Å². The standard InChI is InChI=1S/C22H28N2O3/c1-14(2)21-20(24-25)13-19(15-5-9-17(26-3)10-6-15)23-22(21)16-7-11-18(27-4)12-8-16/h5-12,14,19,21-23,25H,13H2,1-4H3/b24-20+/t19-,21+,22+/m0/s1. The molecular formula is C22H28N2O3. The van der Waals surface area contributed by atoms with Crippen molar-refractivity contribution in [2.75, 3.05) is 14.2 Å². The van der Waals surface area contributed by atoms with E-state index in [9.17, 15) is 5.21 Å². The minimum Gasteiger partial charge on any atom is -0.497 e. The molecule has 1 aliphatic rings. The van der Waals surface area contributed by atoms with Gasteiger partial charge < -0.3 is 20.0 Å². The van der Waals surface area contributed by atoms with Crippen LogP contribution < -0.4 is 14.8 Å². The Morgan fingerprint density at radius 3 is 1.89 bits per heavy atom. The van der Waals surface area contributed by atoms with E-state index < -0.39 is 0 Å². The summed E-state index contributed by atoms with van der Waals surface area (Å²) in [6.07, 6.45) is 0.679. The van der Waals surface area contributed by atoms with Gasteiger partial charge >= 0.3 is 0 Å². The first-order chi connectivity index (χ1) is 13.1. The summed E-state index contributed by atoms with van der Waals surface area (Å²) in [5, 5.41) is 17.2. The number of ether oxygens (including phenoxy) is 2. The third-order valence-electron chi connectivity index (χ3n) is 5.38. The van der Waals surface area contributed by atoms with E-state index in [0.717, 1.165) is 28.3 Å². The lowest BCUT2D eigenvalue weighted by Gasteiger charge is -2.40. The molecule has 3 rings (SSSR count). The van der Waals surface area contributed by atoms with Crippen LogP contribution in [0.15, 0.2) is 53.7 Å². The molecular weight excluding hydrogens is 340 g/mol. The maximum atomic E-state index is 9.72. The summed E-state index contributed by atoms with van der Waals surface area (Å²) in [6.45, 7) is 4.34. The number of nitrogens with one attached hydrogen (secondary N) is 1. The summed E-state index contributed by atoms with van der Waals surface area (Å²) >= 11 is 0. The Kier molecular flexibility index (Phi) is 6.01. The zero-order chi connectivity index (χ0) is 19.4. The molecule has 0 saturated carbocycles. The highest BCUT2D eigenvalue weighted by Gasteiger charge is 2.38. The highest BCUT2D eigenvalue weighted by atomic mass is 16.5. The van der Waals surface area contributed by atoms with E-state index in [1.165, 1.54) is 0 Å². The summed E-state index contributed by atoms with van der Waals surface area (Å²) in [4.78, 5) is 0. The summed E-state index contributed by atoms with van der Waals surface area (Å²) in [5.41, 5.74) is 3.15. The van der Waals surface area contributed by atoms with Crippen LogP contribution in [0.2, 0.25) is 0 Å². The number of benzene rings is 2. The smallest absolute Gasteiger partial charge is 0.118 e. The van der Waals surface area contributed by atoms with E-state index >= 15 is 0 Å². The highest BCUT2D eigenvalue weighted by Crippen LogP contribution is 2.39. The molecule has 0 unspecified atom stereocenters. The average Bonchev–Trinajstić information content (AvgIpc) is 2.72. The van der Waals surface area contributed by atoms with E-state index in [4.69, 9.17) is 9.47 Å². The van der Waals surface area contributed by atoms with Crippen molar-refractivity contribution in [3.63, 3.8) is 0 Å². The Balaban J connectivity index is 1.95. The van der Waals surface area contributed by atoms with Crippen LogP contribution in [0.3, 0.4) is 0 Å². The van der Waals surface area contributed by atoms with Crippen molar-refractivity contribution in [1.82, 2.24) is 5.32 Å². The fourth-order valence-corrected chi connectivity index (χ4v) is 3.96. The number of hydrogen-bond donors (Lipinski definition) is 2. The van der Waals surface area contributed by atoms with Crippen molar-refractivity contribution < 1.29 is 14.7 Å². The molecule has 1 aliphatic heterocycles. The van der Waals surface area contributed by atoms with Crippen LogP contribution in [0.4, 0.5) is 0 Å². The molecule has 2 N–H and O–H groups in total. The van der Waals surface area contributed by atoms with Gasteiger partial charge in [0.15, 0.2) is 0 Å². The second-order valence-corrected chi connectivity index (χ2v) is 7.31. The van der Waals surface area contributed by atoms with Crippen molar-refractivity contribution >= 4 is 5.71 Å². The number of oxime groups is 1. The summed E-state index contributed by atoms with van der Waals surface area (Å²) in [5.74, 6) is 2.13. The van der Waals surface area contributed by atoms with Crippen molar-refractivity contribution in [2.45, 2.75) is 32.4 Å². The zero-order valence-corrected chi connectivity index (χ0v) is 16.3. The number of methoxy groups -OCH3 is 2. The molecule has 3 atom stereocenters. The van der Waals surface area contributed by atoms with E-state index in [1.807, 2.05) is 24.3 Å². The van der Waals surface area contributed by atoms with Crippen LogP contribution in [0, 0.1) is 11.8 Å². The molecule has 0 aliphatic carbocycles. The van der Waals surface area contributed by atoms with Gasteiger partial charge in [0.05, 0.1) is 19.9 Å². The normalized spacial score (nSPS) is 24.2. The summed E-state index contributed by atoms with van der Waals surface area (Å²) in [7, 11) is 3.33. The summed E-state index contributed by atoms with van der Waals surface area (Å²) in [6, 6.07) is 16.3. The molecule has 1 fully saturated rings. The van der Waals surface area contributed by atoms with Gasteiger partial charge in [0.2, 0.25) is 0 Å². The first-order valence-corrected chi connectivity index (χ1v) is 9.32. The van der Waals surface area contributed by atoms with Crippen molar-refractivity contribution in [3.05, 3.63) is 59.7 Å². The SMILES string of the molecule is COc1ccc([C@@H]2C/C(=N\O)[C@@H](C(C)C)[C@@H](c3ccc(OC)cc3)N2)cc1. The molecule has 1 saturated heterocycles. The van der Waals surface area contributed by atoms with Crippen LogP contribution in [-0.4, -0.2) is 25.1 Å². The van der Waals surface area contributed by atoms with Crippen LogP contribution in [0.1, 0.15) is 43.5 Å². The maximum Gasteiger partial charge on any atom is 0.118 e. The molecule has 0 radical (unpaired) electrons. The highest BCUT2D eigenvalue weighted by molar-refractivity contribution is 5.89. The molecule has 2 aromatic rings. The predicted octanol–water partition coefficient (Wildman–Crippen LogP) is 4.58. The first kappa shape index (κ1) is 19.2. The largest absolute Gasteiger partial charge is 0.497 e. The van der Waals surface area contributed by atoms with Gasteiger partial charge in [-0.1, -0.05) is 43.3 Å². The average molecular weight is 368 g/mol. The van der Waals surface area contributed by atoms with Crippen LogP contribution in [0.25, 0.3) is 0 Å². The van der Waals surface area contributed by atoms with E-state index in [0.29, 0.717) is 12.3 Å². The van der Waals surface area contributed by atoms with Gasteiger partial charge in [-0.05, 0) is 41.3 Å². The molecule has 2 aromatic carbocycles. The van der Waals surface area contributed by atoms with Crippen LogP contribution in [0.5, 0.6) is 11.5 Å². The topological polar surface area (TPSA) is 63.1 Å². The minimum atomic E-state index is 0.0580. The first-order valence-electron chi connectivity index (χ1n) is 9.32. The third kappa shape index (κ3) is 4.08. The molecule has 5 heteroatoms.